The molecule has 0 radical (unpaired) electrons. The Morgan fingerprint density at radius 1 is 1.40 bits per heavy atom. The van der Waals surface area contributed by atoms with Crippen LogP contribution in [0.15, 0.2) is 18.2 Å². The molecule has 0 saturated heterocycles. The van der Waals surface area contributed by atoms with E-state index in [1.165, 1.54) is 12.1 Å². The van der Waals surface area contributed by atoms with E-state index in [9.17, 15) is 13.2 Å². The first-order valence-corrected chi connectivity index (χ1v) is 4.90. The van der Waals surface area contributed by atoms with Gasteiger partial charge in [-0.2, -0.15) is 8.78 Å². The number of alkyl halides is 2. The van der Waals surface area contributed by atoms with E-state index in [-0.39, 0.29) is 5.02 Å². The van der Waals surface area contributed by atoms with E-state index in [4.69, 9.17) is 11.6 Å². The van der Waals surface area contributed by atoms with E-state index >= 15 is 0 Å². The molecule has 84 valence electrons. The van der Waals surface area contributed by atoms with Crippen LogP contribution >= 0.6 is 11.6 Å². The highest BCUT2D eigenvalue weighted by Crippen LogP contribution is 2.32. The summed E-state index contributed by atoms with van der Waals surface area (Å²) in [6.07, 6.45) is 0. The molecular weight excluding hydrogens is 227 g/mol. The Morgan fingerprint density at radius 2 is 2.07 bits per heavy atom. The van der Waals surface area contributed by atoms with Crippen LogP contribution < -0.4 is 5.32 Å². The lowest BCUT2D eigenvalue weighted by Gasteiger charge is -2.17. The van der Waals surface area contributed by atoms with Gasteiger partial charge in [-0.3, -0.25) is 0 Å². The van der Waals surface area contributed by atoms with Crippen LogP contribution in [0.4, 0.5) is 13.2 Å². The molecule has 0 aliphatic carbocycles. The van der Waals surface area contributed by atoms with Crippen LogP contribution in [-0.4, -0.2) is 13.1 Å². The largest absolute Gasteiger partial charge is 0.311 e. The van der Waals surface area contributed by atoms with Gasteiger partial charge in [-0.1, -0.05) is 24.6 Å². The summed E-state index contributed by atoms with van der Waals surface area (Å²) in [4.78, 5) is 0. The Bertz CT molecular complexity index is 341. The first kappa shape index (κ1) is 12.3. The molecule has 1 rings (SSSR count). The average Bonchev–Trinajstić information content (AvgIpc) is 2.19. The summed E-state index contributed by atoms with van der Waals surface area (Å²) in [6, 6.07) is 3.59. The number of rotatable bonds is 4. The topological polar surface area (TPSA) is 12.0 Å². The van der Waals surface area contributed by atoms with Crippen molar-refractivity contribution < 1.29 is 13.2 Å². The fraction of sp³-hybridized carbons (Fsp3) is 0.400. The molecule has 0 unspecified atom stereocenters. The van der Waals surface area contributed by atoms with Crippen LogP contribution in [0.5, 0.6) is 0 Å². The van der Waals surface area contributed by atoms with Gasteiger partial charge in [0.1, 0.15) is 0 Å². The molecule has 0 aliphatic heterocycles. The minimum absolute atomic E-state index is 0.288. The smallest absolute Gasteiger partial charge is 0.288 e. The van der Waals surface area contributed by atoms with Crippen molar-refractivity contribution >= 4 is 11.6 Å². The molecule has 5 heteroatoms. The first-order chi connectivity index (χ1) is 6.99. The van der Waals surface area contributed by atoms with Crippen molar-refractivity contribution in [1.82, 2.24) is 5.32 Å². The van der Waals surface area contributed by atoms with Gasteiger partial charge in [-0.25, -0.2) is 4.39 Å². The third kappa shape index (κ3) is 2.86. The zero-order valence-corrected chi connectivity index (χ0v) is 8.91. The molecule has 0 aliphatic rings. The lowest BCUT2D eigenvalue weighted by Crippen LogP contribution is -2.31. The summed E-state index contributed by atoms with van der Waals surface area (Å²) < 4.78 is 40.1. The number of likely N-dealkylation sites (N-methyl/N-ethyl adjacent to an activating group) is 1. The average molecular weight is 238 g/mol. The minimum atomic E-state index is -3.25. The summed E-state index contributed by atoms with van der Waals surface area (Å²) in [5.74, 6) is -4.30. The lowest BCUT2D eigenvalue weighted by atomic mass is 10.1. The van der Waals surface area contributed by atoms with Crippen LogP contribution in [0.2, 0.25) is 5.02 Å². The fourth-order valence-electron chi connectivity index (χ4n) is 1.16. The molecule has 0 atom stereocenters. The highest BCUT2D eigenvalue weighted by atomic mass is 35.5. The number of halogens is 4. The van der Waals surface area contributed by atoms with Crippen molar-refractivity contribution in [3.05, 3.63) is 34.6 Å². The van der Waals surface area contributed by atoms with Crippen molar-refractivity contribution in [2.75, 3.05) is 13.1 Å². The van der Waals surface area contributed by atoms with Crippen LogP contribution in [-0.2, 0) is 5.92 Å². The lowest BCUT2D eigenvalue weighted by molar-refractivity contribution is -0.00601. The molecule has 1 N–H and O–H groups in total. The quantitative estimate of drug-likeness (QED) is 0.848. The molecule has 0 saturated carbocycles. The van der Waals surface area contributed by atoms with Crippen molar-refractivity contribution in [2.24, 2.45) is 0 Å². The summed E-state index contributed by atoms with van der Waals surface area (Å²) in [5, 5.41) is 2.19. The Kier molecular flexibility index (Phi) is 3.99. The molecule has 1 nitrogen and oxygen atoms in total. The highest BCUT2D eigenvalue weighted by molar-refractivity contribution is 6.30. The normalized spacial score (nSPS) is 11.8. The van der Waals surface area contributed by atoms with Gasteiger partial charge in [0.25, 0.3) is 5.92 Å². The van der Waals surface area contributed by atoms with Crippen LogP contribution in [0.25, 0.3) is 0 Å². The Balaban J connectivity index is 2.98. The van der Waals surface area contributed by atoms with Gasteiger partial charge >= 0.3 is 0 Å². The molecule has 0 heterocycles. The number of benzene rings is 1. The second-order valence-corrected chi connectivity index (χ2v) is 3.49. The van der Waals surface area contributed by atoms with E-state index in [1.54, 1.807) is 6.92 Å². The fourth-order valence-corrected chi connectivity index (χ4v) is 1.34. The molecule has 0 bridgehead atoms. The van der Waals surface area contributed by atoms with Gasteiger partial charge in [0.2, 0.25) is 0 Å². The van der Waals surface area contributed by atoms with E-state index < -0.39 is 23.8 Å². The molecule has 1 aromatic carbocycles. The number of nitrogens with one attached hydrogen (secondary N) is 1. The summed E-state index contributed by atoms with van der Waals surface area (Å²) >= 11 is 5.43. The molecule has 0 amide bonds. The second kappa shape index (κ2) is 4.86. The Morgan fingerprint density at radius 3 is 2.67 bits per heavy atom. The van der Waals surface area contributed by atoms with Gasteiger partial charge in [0.15, 0.2) is 5.82 Å². The predicted octanol–water partition coefficient (Wildman–Crippen LogP) is 3.18. The van der Waals surface area contributed by atoms with Crippen molar-refractivity contribution in [3.63, 3.8) is 0 Å². The number of hydrogen-bond donors (Lipinski definition) is 1. The van der Waals surface area contributed by atoms with Crippen molar-refractivity contribution in [3.8, 4) is 0 Å². The third-order valence-electron chi connectivity index (χ3n) is 1.94. The van der Waals surface area contributed by atoms with Gasteiger partial charge < -0.3 is 5.32 Å². The van der Waals surface area contributed by atoms with E-state index in [1.807, 2.05) is 0 Å². The monoisotopic (exact) mass is 237 g/mol. The van der Waals surface area contributed by atoms with Gasteiger partial charge in [0, 0.05) is 0 Å². The molecule has 0 fully saturated rings. The third-order valence-corrected chi connectivity index (χ3v) is 2.23. The Labute approximate surface area is 91.2 Å². The molecule has 0 spiro atoms. The maximum atomic E-state index is 13.4. The van der Waals surface area contributed by atoms with Crippen molar-refractivity contribution in [1.29, 1.82) is 0 Å². The maximum absolute atomic E-state index is 13.4. The van der Waals surface area contributed by atoms with E-state index in [2.05, 4.69) is 5.32 Å². The minimum Gasteiger partial charge on any atom is -0.311 e. The first-order valence-electron chi connectivity index (χ1n) is 4.52. The zero-order valence-electron chi connectivity index (χ0n) is 8.16. The van der Waals surface area contributed by atoms with E-state index in [0.717, 1.165) is 6.07 Å². The van der Waals surface area contributed by atoms with Gasteiger partial charge in [-0.05, 0) is 18.7 Å². The second-order valence-electron chi connectivity index (χ2n) is 3.09. The molecule has 0 aromatic heterocycles. The maximum Gasteiger partial charge on any atom is 0.288 e. The number of hydrogen-bond acceptors (Lipinski definition) is 1. The zero-order chi connectivity index (χ0) is 11.5. The van der Waals surface area contributed by atoms with Gasteiger partial charge in [-0.15, -0.1) is 0 Å². The standard InChI is InChI=1S/C10H11ClF3N/c1-2-15-6-10(13,14)7-4-3-5-8(11)9(7)12/h3-5,15H,2,6H2,1H3. The summed E-state index contributed by atoms with van der Waals surface area (Å²) in [5.41, 5.74) is -0.670. The van der Waals surface area contributed by atoms with Gasteiger partial charge in [0.05, 0.1) is 17.1 Å². The van der Waals surface area contributed by atoms with Crippen LogP contribution in [0.1, 0.15) is 12.5 Å². The summed E-state index contributed by atoms with van der Waals surface area (Å²) in [6.45, 7) is 1.50. The molecule has 1 aromatic rings. The highest BCUT2D eigenvalue weighted by Gasteiger charge is 2.34. The van der Waals surface area contributed by atoms with Crippen LogP contribution in [0.3, 0.4) is 0 Å². The summed E-state index contributed by atoms with van der Waals surface area (Å²) in [7, 11) is 0. The van der Waals surface area contributed by atoms with Crippen LogP contribution in [0, 0.1) is 5.82 Å². The van der Waals surface area contributed by atoms with E-state index in [0.29, 0.717) is 6.54 Å². The molecular formula is C10H11ClF3N. The SMILES string of the molecule is CCNCC(F)(F)c1cccc(Cl)c1F. The van der Waals surface area contributed by atoms with Crippen molar-refractivity contribution in [2.45, 2.75) is 12.8 Å². The predicted molar refractivity (Wildman–Crippen MR) is 53.8 cm³/mol. The molecule has 15 heavy (non-hydrogen) atoms. The Hall–Kier alpha value is -0.740.